The number of esters is 1. The quantitative estimate of drug-likeness (QED) is 0.609. The topological polar surface area (TPSA) is 81.5 Å². The van der Waals surface area contributed by atoms with Gasteiger partial charge in [-0.15, -0.1) is 0 Å². The first-order chi connectivity index (χ1) is 12.9. The van der Waals surface area contributed by atoms with E-state index in [1.807, 2.05) is 30.3 Å². The lowest BCUT2D eigenvalue weighted by atomic mass is 10.2. The number of hydrogen-bond acceptors (Lipinski definition) is 5. The minimum atomic E-state index is -3.62. The minimum absolute atomic E-state index is 0.0380. The number of ether oxygens (including phenoxy) is 1. The standard InChI is InChI=1S/C19H19N3O4S/c1-21(2)27(24,25)18-10-6-7-16(11-18)19(23)26-14-15-12-20-22(13-15)17-8-4-3-5-9-17/h3-13H,14H2,1-2H3. The molecule has 3 aromatic rings. The molecule has 0 aliphatic heterocycles. The molecule has 7 nitrogen and oxygen atoms in total. The van der Waals surface area contributed by atoms with Crippen LogP contribution in [0.3, 0.4) is 0 Å². The van der Waals surface area contributed by atoms with Crippen LogP contribution >= 0.6 is 0 Å². The molecule has 8 heteroatoms. The third-order valence-electron chi connectivity index (χ3n) is 3.88. The lowest BCUT2D eigenvalue weighted by Gasteiger charge is -2.12. The SMILES string of the molecule is CN(C)S(=O)(=O)c1cccc(C(=O)OCc2cnn(-c3ccccc3)c2)c1. The van der Waals surface area contributed by atoms with Gasteiger partial charge >= 0.3 is 5.97 Å². The Morgan fingerprint density at radius 2 is 1.85 bits per heavy atom. The van der Waals surface area contributed by atoms with Crippen LogP contribution in [0.4, 0.5) is 0 Å². The largest absolute Gasteiger partial charge is 0.457 e. The molecule has 0 spiro atoms. The summed E-state index contributed by atoms with van der Waals surface area (Å²) in [4.78, 5) is 12.3. The highest BCUT2D eigenvalue weighted by Crippen LogP contribution is 2.16. The van der Waals surface area contributed by atoms with Crippen molar-refractivity contribution in [3.63, 3.8) is 0 Å². The predicted molar refractivity (Wildman–Crippen MR) is 100.0 cm³/mol. The average Bonchev–Trinajstić information content (AvgIpc) is 3.16. The summed E-state index contributed by atoms with van der Waals surface area (Å²) in [6.07, 6.45) is 3.39. The van der Waals surface area contributed by atoms with E-state index in [0.717, 1.165) is 15.6 Å². The molecule has 3 rings (SSSR count). The number of sulfonamides is 1. The van der Waals surface area contributed by atoms with Gasteiger partial charge in [-0.05, 0) is 30.3 Å². The molecular formula is C19H19N3O4S. The lowest BCUT2D eigenvalue weighted by Crippen LogP contribution is -2.22. The van der Waals surface area contributed by atoms with Gasteiger partial charge in [0.1, 0.15) is 6.61 Å². The van der Waals surface area contributed by atoms with E-state index in [2.05, 4.69) is 5.10 Å². The third kappa shape index (κ3) is 4.24. The first-order valence-electron chi connectivity index (χ1n) is 8.16. The van der Waals surface area contributed by atoms with Crippen LogP contribution in [-0.4, -0.2) is 42.6 Å². The van der Waals surface area contributed by atoms with Gasteiger partial charge in [0.05, 0.1) is 22.3 Å². The number of para-hydroxylation sites is 1. The minimum Gasteiger partial charge on any atom is -0.457 e. The number of carbonyl (C=O) groups is 1. The second kappa shape index (κ2) is 7.73. The lowest BCUT2D eigenvalue weighted by molar-refractivity contribution is 0.0472. The number of benzene rings is 2. The number of hydrogen-bond donors (Lipinski definition) is 0. The number of carbonyl (C=O) groups excluding carboxylic acids is 1. The van der Waals surface area contributed by atoms with Crippen LogP contribution in [0, 0.1) is 0 Å². The molecule has 0 radical (unpaired) electrons. The van der Waals surface area contributed by atoms with E-state index in [0.29, 0.717) is 0 Å². The van der Waals surface area contributed by atoms with E-state index < -0.39 is 16.0 Å². The summed E-state index contributed by atoms with van der Waals surface area (Å²) in [6.45, 7) is 0.0380. The number of rotatable bonds is 6. The van der Waals surface area contributed by atoms with Crippen molar-refractivity contribution in [1.29, 1.82) is 0 Å². The van der Waals surface area contributed by atoms with Crippen LogP contribution < -0.4 is 0 Å². The smallest absolute Gasteiger partial charge is 0.338 e. The summed E-state index contributed by atoms with van der Waals surface area (Å²) in [5, 5.41) is 4.24. The van der Waals surface area contributed by atoms with E-state index in [-0.39, 0.29) is 17.1 Å². The molecule has 0 saturated heterocycles. The molecule has 0 amide bonds. The Morgan fingerprint density at radius 3 is 2.56 bits per heavy atom. The van der Waals surface area contributed by atoms with Crippen LogP contribution in [0.25, 0.3) is 5.69 Å². The van der Waals surface area contributed by atoms with Gasteiger partial charge in [-0.1, -0.05) is 24.3 Å². The van der Waals surface area contributed by atoms with E-state index in [9.17, 15) is 13.2 Å². The van der Waals surface area contributed by atoms with Crippen LogP contribution in [0.15, 0.2) is 71.9 Å². The molecule has 0 aliphatic rings. The summed E-state index contributed by atoms with van der Waals surface area (Å²) in [5.41, 5.74) is 1.80. The number of nitrogens with zero attached hydrogens (tertiary/aromatic N) is 3. The maximum atomic E-state index is 12.3. The average molecular weight is 385 g/mol. The van der Waals surface area contributed by atoms with Gasteiger partial charge in [-0.25, -0.2) is 22.2 Å². The molecule has 1 aromatic heterocycles. The Bertz CT molecular complexity index is 1040. The highest BCUT2D eigenvalue weighted by molar-refractivity contribution is 7.89. The maximum absolute atomic E-state index is 12.3. The molecule has 0 N–H and O–H groups in total. The van der Waals surface area contributed by atoms with Crippen molar-refractivity contribution in [2.75, 3.05) is 14.1 Å². The molecular weight excluding hydrogens is 366 g/mol. The first kappa shape index (κ1) is 18.8. The van der Waals surface area contributed by atoms with Crippen LogP contribution in [-0.2, 0) is 21.4 Å². The molecule has 0 bridgehead atoms. The van der Waals surface area contributed by atoms with Gasteiger partial charge < -0.3 is 4.74 Å². The summed E-state index contributed by atoms with van der Waals surface area (Å²) >= 11 is 0. The van der Waals surface area contributed by atoms with Crippen molar-refractivity contribution in [3.8, 4) is 5.69 Å². The van der Waals surface area contributed by atoms with Crippen molar-refractivity contribution < 1.29 is 17.9 Å². The van der Waals surface area contributed by atoms with Gasteiger partial charge in [0.2, 0.25) is 10.0 Å². The van der Waals surface area contributed by atoms with E-state index in [4.69, 9.17) is 4.74 Å². The molecule has 1 heterocycles. The summed E-state index contributed by atoms with van der Waals surface area (Å²) in [5.74, 6) is -0.599. The van der Waals surface area contributed by atoms with Crippen LogP contribution in [0.2, 0.25) is 0 Å². The van der Waals surface area contributed by atoms with Crippen LogP contribution in [0.5, 0.6) is 0 Å². The molecule has 0 aliphatic carbocycles. The zero-order valence-corrected chi connectivity index (χ0v) is 15.8. The Balaban J connectivity index is 1.69. The van der Waals surface area contributed by atoms with Crippen molar-refractivity contribution in [2.45, 2.75) is 11.5 Å². The van der Waals surface area contributed by atoms with E-state index in [1.165, 1.54) is 38.4 Å². The second-order valence-corrected chi connectivity index (χ2v) is 8.17. The highest BCUT2D eigenvalue weighted by atomic mass is 32.2. The molecule has 2 aromatic carbocycles. The second-order valence-electron chi connectivity index (χ2n) is 6.02. The molecule has 0 atom stereocenters. The van der Waals surface area contributed by atoms with E-state index in [1.54, 1.807) is 17.1 Å². The zero-order valence-electron chi connectivity index (χ0n) is 14.9. The third-order valence-corrected chi connectivity index (χ3v) is 5.69. The predicted octanol–water partition coefficient (Wildman–Crippen LogP) is 2.48. The van der Waals surface area contributed by atoms with Gasteiger partial charge in [-0.2, -0.15) is 5.10 Å². The van der Waals surface area contributed by atoms with Gasteiger partial charge in [0.15, 0.2) is 0 Å². The van der Waals surface area contributed by atoms with Crippen molar-refractivity contribution >= 4 is 16.0 Å². The Kier molecular flexibility index (Phi) is 5.38. The zero-order chi connectivity index (χ0) is 19.4. The molecule has 140 valence electrons. The molecule has 0 saturated carbocycles. The van der Waals surface area contributed by atoms with Crippen LogP contribution in [0.1, 0.15) is 15.9 Å². The normalized spacial score (nSPS) is 11.5. The van der Waals surface area contributed by atoms with Gasteiger partial charge in [0, 0.05) is 25.9 Å². The van der Waals surface area contributed by atoms with Crippen molar-refractivity contribution in [1.82, 2.24) is 14.1 Å². The molecule has 27 heavy (non-hydrogen) atoms. The Hall–Kier alpha value is -2.97. The highest BCUT2D eigenvalue weighted by Gasteiger charge is 2.19. The first-order valence-corrected chi connectivity index (χ1v) is 9.60. The van der Waals surface area contributed by atoms with Gasteiger partial charge in [-0.3, -0.25) is 0 Å². The molecule has 0 fully saturated rings. The fourth-order valence-electron chi connectivity index (χ4n) is 2.38. The fourth-order valence-corrected chi connectivity index (χ4v) is 3.33. The van der Waals surface area contributed by atoms with Gasteiger partial charge in [0.25, 0.3) is 0 Å². The Morgan fingerprint density at radius 1 is 1.11 bits per heavy atom. The maximum Gasteiger partial charge on any atom is 0.338 e. The Labute approximate surface area is 157 Å². The monoisotopic (exact) mass is 385 g/mol. The van der Waals surface area contributed by atoms with Crippen molar-refractivity contribution in [2.24, 2.45) is 0 Å². The summed E-state index contributed by atoms with van der Waals surface area (Å²) in [6, 6.07) is 15.3. The summed E-state index contributed by atoms with van der Waals surface area (Å²) in [7, 11) is -0.745. The van der Waals surface area contributed by atoms with Crippen molar-refractivity contribution in [3.05, 3.63) is 78.1 Å². The molecule has 0 unspecified atom stereocenters. The fraction of sp³-hybridized carbons (Fsp3) is 0.158. The summed E-state index contributed by atoms with van der Waals surface area (Å²) < 4.78 is 32.4. The number of aromatic nitrogens is 2. The van der Waals surface area contributed by atoms with E-state index >= 15 is 0 Å².